The third-order valence-corrected chi connectivity index (χ3v) is 8.46. The third kappa shape index (κ3) is 13.9. The second kappa shape index (κ2) is 19.3. The summed E-state index contributed by atoms with van der Waals surface area (Å²) >= 11 is 5.95. The Bertz CT molecular complexity index is 1860. The number of unbranched alkanes of at least 4 members (excludes halogenated alkanes) is 3. The fourth-order valence-electron chi connectivity index (χ4n) is 4.80. The van der Waals surface area contributed by atoms with Gasteiger partial charge in [-0.1, -0.05) is 48.4 Å². The number of fused-ring (bicyclic) bond motifs is 1. The number of esters is 1. The van der Waals surface area contributed by atoms with Crippen molar-refractivity contribution in [3.63, 3.8) is 0 Å². The van der Waals surface area contributed by atoms with Gasteiger partial charge < -0.3 is 19.5 Å². The normalized spacial score (nSPS) is 11.2. The number of nitrogens with one attached hydrogen (secondary N) is 1. The Morgan fingerprint density at radius 3 is 2.31 bits per heavy atom. The molecule has 49 heavy (non-hydrogen) atoms. The molecule has 0 aliphatic heterocycles. The zero-order valence-electron chi connectivity index (χ0n) is 27.7. The van der Waals surface area contributed by atoms with Crippen LogP contribution in [-0.4, -0.2) is 95.7 Å². The van der Waals surface area contributed by atoms with Crippen LogP contribution in [0.1, 0.15) is 80.8 Å². The topological polar surface area (TPSA) is 152 Å². The van der Waals surface area contributed by atoms with Crippen molar-refractivity contribution in [3.8, 4) is 11.8 Å². The Labute approximate surface area is 314 Å². The van der Waals surface area contributed by atoms with Crippen molar-refractivity contribution < 1.29 is 32.1 Å². The first-order valence-electron chi connectivity index (χ1n) is 15.6. The first-order chi connectivity index (χ1) is 22.5. The summed E-state index contributed by atoms with van der Waals surface area (Å²) in [6.07, 6.45) is 4.65. The van der Waals surface area contributed by atoms with Gasteiger partial charge in [-0.25, -0.2) is 0 Å². The quantitative estimate of drug-likeness (QED) is 0.0823. The zero-order chi connectivity index (χ0) is 35.5. The molecule has 1 aromatic heterocycles. The molecule has 0 aliphatic carbocycles. The van der Waals surface area contributed by atoms with Crippen LogP contribution in [0.5, 0.6) is 0 Å². The van der Waals surface area contributed by atoms with E-state index in [-0.39, 0.29) is 73.6 Å². The van der Waals surface area contributed by atoms with Crippen molar-refractivity contribution in [3.05, 3.63) is 80.6 Å². The predicted octanol–water partition coefficient (Wildman–Crippen LogP) is 4.27. The number of carbonyl (C=O) groups excluding carboxylic acids is 3. The molecule has 0 aliphatic rings. The van der Waals surface area contributed by atoms with Crippen molar-refractivity contribution in [1.82, 2.24) is 14.8 Å². The van der Waals surface area contributed by atoms with Crippen LogP contribution in [0.25, 0.3) is 10.9 Å². The van der Waals surface area contributed by atoms with E-state index in [1.54, 1.807) is 48.7 Å². The number of hydrogen-bond donors (Lipinski definition) is 2. The van der Waals surface area contributed by atoms with E-state index in [9.17, 15) is 27.6 Å². The molecule has 0 radical (unpaired) electrons. The Kier molecular flexibility index (Phi) is 16.5. The van der Waals surface area contributed by atoms with Crippen molar-refractivity contribution in [1.29, 1.82) is 0 Å². The molecule has 0 fully saturated rings. The SMILES string of the molecule is CN(CCS(=O)(=O)O)C(=O)CCCCCCC(=O)OCC#Cc1ccc2c(c1)c(=O)c(C(=O)NCc1ccc(Cl)cc1)cn2C(C)(C)C.[NaH]. The molecule has 0 bridgehead atoms. The van der Waals surface area contributed by atoms with Crippen molar-refractivity contribution in [2.75, 3.05) is 26.0 Å². The van der Waals surface area contributed by atoms with E-state index in [0.717, 1.165) is 12.0 Å². The number of ether oxygens (including phenoxy) is 1. The standard InChI is InChI=1S/C35H42ClN3O8S.Na.H/c1-35(2,3)39-24-29(34(43)37-23-26-13-16-27(36)17-14-26)33(42)28-22-25(15-18-30(28)39)10-9-20-47-32(41)12-8-6-5-7-11-31(40)38(4)19-21-48(44,45)46;;/h13-18,22,24H,5-8,11-12,19-21,23H2,1-4H3,(H,37,43)(H,44,45,46);;. The predicted molar refractivity (Wildman–Crippen MR) is 193 cm³/mol. The molecule has 2 amide bonds. The summed E-state index contributed by atoms with van der Waals surface area (Å²) in [5.41, 5.74) is 1.21. The number of pyridine rings is 1. The van der Waals surface area contributed by atoms with E-state index in [1.165, 1.54) is 11.9 Å². The minimum absolute atomic E-state index is 0. The van der Waals surface area contributed by atoms with Gasteiger partial charge in [-0.15, -0.1) is 0 Å². The van der Waals surface area contributed by atoms with Gasteiger partial charge >= 0.3 is 35.5 Å². The fourth-order valence-corrected chi connectivity index (χ4v) is 5.43. The second-order valence-corrected chi connectivity index (χ2v) is 14.4. The number of rotatable bonds is 14. The molecule has 11 nitrogen and oxygen atoms in total. The average Bonchev–Trinajstić information content (AvgIpc) is 3.02. The molecule has 0 unspecified atom stereocenters. The molecule has 1 heterocycles. The van der Waals surface area contributed by atoms with E-state index in [1.807, 2.05) is 25.3 Å². The van der Waals surface area contributed by atoms with Gasteiger partial charge in [-0.2, -0.15) is 8.42 Å². The van der Waals surface area contributed by atoms with Crippen molar-refractivity contribution in [2.24, 2.45) is 0 Å². The van der Waals surface area contributed by atoms with Gasteiger partial charge in [0.25, 0.3) is 16.0 Å². The van der Waals surface area contributed by atoms with Gasteiger partial charge in [0.1, 0.15) is 5.56 Å². The molecular weight excluding hydrogens is 681 g/mol. The Morgan fingerprint density at radius 1 is 1.02 bits per heavy atom. The maximum absolute atomic E-state index is 13.5. The fraction of sp³-hybridized carbons (Fsp3) is 0.429. The van der Waals surface area contributed by atoms with Crippen molar-refractivity contribution in [2.45, 2.75) is 71.4 Å². The summed E-state index contributed by atoms with van der Waals surface area (Å²) in [6.45, 7) is 5.98. The number of benzene rings is 2. The van der Waals surface area contributed by atoms with E-state index >= 15 is 0 Å². The summed E-state index contributed by atoms with van der Waals surface area (Å²) in [4.78, 5) is 52.1. The molecule has 260 valence electrons. The summed E-state index contributed by atoms with van der Waals surface area (Å²) in [6, 6.07) is 12.3. The van der Waals surface area contributed by atoms with Crippen LogP contribution in [-0.2, 0) is 36.5 Å². The Balaban J connectivity index is 0.00000833. The molecule has 2 N–H and O–H groups in total. The maximum atomic E-state index is 13.5. The second-order valence-electron chi connectivity index (χ2n) is 12.4. The van der Waals surface area contributed by atoms with Gasteiger partial charge in [-0.3, -0.25) is 23.7 Å². The first-order valence-corrected chi connectivity index (χ1v) is 17.6. The van der Waals surface area contributed by atoms with E-state index in [0.29, 0.717) is 40.8 Å². The van der Waals surface area contributed by atoms with Crippen LogP contribution >= 0.6 is 11.6 Å². The number of amides is 2. The van der Waals surface area contributed by atoms with Crippen LogP contribution in [0, 0.1) is 11.8 Å². The number of aromatic nitrogens is 1. The molecule has 3 rings (SSSR count). The number of carbonyl (C=O) groups is 3. The number of nitrogens with zero attached hydrogens (tertiary/aromatic N) is 2. The summed E-state index contributed by atoms with van der Waals surface area (Å²) < 4.78 is 37.5. The van der Waals surface area contributed by atoms with Gasteiger partial charge in [0, 0.05) is 60.7 Å². The minimum atomic E-state index is -4.12. The van der Waals surface area contributed by atoms with Crippen LogP contribution in [0.2, 0.25) is 5.02 Å². The molecule has 0 saturated carbocycles. The van der Waals surface area contributed by atoms with Crippen LogP contribution in [0.3, 0.4) is 0 Å². The van der Waals surface area contributed by atoms with Crippen LogP contribution < -0.4 is 10.7 Å². The number of halogens is 1. The first kappa shape index (κ1) is 42.0. The summed E-state index contributed by atoms with van der Waals surface area (Å²) in [7, 11) is -2.63. The van der Waals surface area contributed by atoms with Crippen molar-refractivity contribution >= 4 is 80.0 Å². The molecular formula is C35H43ClN3NaO8S. The molecule has 14 heteroatoms. The molecule has 0 saturated heterocycles. The molecule has 3 aromatic rings. The third-order valence-electron chi connectivity index (χ3n) is 7.51. The van der Waals surface area contributed by atoms with Gasteiger partial charge in [0.2, 0.25) is 11.3 Å². The number of hydrogen-bond acceptors (Lipinski definition) is 7. The van der Waals surface area contributed by atoms with Crippen LogP contribution in [0.15, 0.2) is 53.5 Å². The monoisotopic (exact) mass is 723 g/mol. The van der Waals surface area contributed by atoms with E-state index < -0.39 is 38.7 Å². The molecule has 0 spiro atoms. The zero-order valence-corrected chi connectivity index (χ0v) is 29.2. The summed E-state index contributed by atoms with van der Waals surface area (Å²) in [5.74, 6) is 4.13. The van der Waals surface area contributed by atoms with E-state index in [4.69, 9.17) is 20.9 Å². The van der Waals surface area contributed by atoms with Gasteiger partial charge in [0.05, 0.1) is 11.3 Å². The molecule has 2 aromatic carbocycles. The molecule has 0 atom stereocenters. The summed E-state index contributed by atoms with van der Waals surface area (Å²) in [5, 5.41) is 3.75. The van der Waals surface area contributed by atoms with Gasteiger partial charge in [-0.05, 0) is 69.5 Å². The van der Waals surface area contributed by atoms with E-state index in [2.05, 4.69) is 17.2 Å². The van der Waals surface area contributed by atoms with Gasteiger partial charge in [0.15, 0.2) is 6.61 Å². The Morgan fingerprint density at radius 2 is 1.67 bits per heavy atom. The van der Waals surface area contributed by atoms with Crippen LogP contribution in [0.4, 0.5) is 0 Å². The Hall–Kier alpha value is -3.18. The average molecular weight is 724 g/mol.